The molecular weight excluding hydrogens is 437 g/mol. The Labute approximate surface area is 173 Å². The molecule has 0 aliphatic heterocycles. The maximum atomic E-state index is 4.82. The second-order valence-corrected chi connectivity index (χ2v) is 6.79. The number of nitrogens with one attached hydrogen (secondary N) is 2. The van der Waals surface area contributed by atoms with E-state index < -0.39 is 0 Å². The highest BCUT2D eigenvalue weighted by Crippen LogP contribution is 2.19. The van der Waals surface area contributed by atoms with Crippen LogP contribution in [0, 0.1) is 13.8 Å². The third-order valence-electron chi connectivity index (χ3n) is 4.68. The van der Waals surface area contributed by atoms with Crippen LogP contribution < -0.4 is 10.6 Å². The van der Waals surface area contributed by atoms with Gasteiger partial charge in [0.05, 0.1) is 17.9 Å². The third-order valence-corrected chi connectivity index (χ3v) is 4.68. The molecule has 6 heteroatoms. The zero-order valence-corrected chi connectivity index (χ0v) is 18.3. The van der Waals surface area contributed by atoms with Crippen molar-refractivity contribution >= 4 is 29.9 Å². The number of aliphatic imine (C=N–C) groups is 1. The van der Waals surface area contributed by atoms with Crippen molar-refractivity contribution in [3.8, 4) is 5.69 Å². The van der Waals surface area contributed by atoms with E-state index in [1.807, 2.05) is 11.6 Å². The fraction of sp³-hybridized carbons (Fsp3) is 0.500. The summed E-state index contributed by atoms with van der Waals surface area (Å²) in [5, 5.41) is 11.6. The number of rotatable bonds is 5. The highest BCUT2D eigenvalue weighted by atomic mass is 127. The lowest BCUT2D eigenvalue weighted by atomic mass is 10.2. The maximum Gasteiger partial charge on any atom is 0.191 e. The molecule has 0 radical (unpaired) electrons. The van der Waals surface area contributed by atoms with Gasteiger partial charge in [0.15, 0.2) is 5.96 Å². The molecule has 0 spiro atoms. The van der Waals surface area contributed by atoms with Crippen LogP contribution in [0.4, 0.5) is 0 Å². The van der Waals surface area contributed by atoms with Gasteiger partial charge in [-0.05, 0) is 51.3 Å². The number of aryl methyl sites for hydroxylation is 2. The molecule has 0 amide bonds. The molecule has 1 aliphatic rings. The molecule has 3 rings (SSSR count). The van der Waals surface area contributed by atoms with Crippen molar-refractivity contribution in [1.29, 1.82) is 0 Å². The van der Waals surface area contributed by atoms with E-state index in [9.17, 15) is 0 Å². The zero-order valence-electron chi connectivity index (χ0n) is 16.0. The van der Waals surface area contributed by atoms with Gasteiger partial charge in [-0.15, -0.1) is 24.0 Å². The van der Waals surface area contributed by atoms with E-state index >= 15 is 0 Å². The first-order valence-electron chi connectivity index (χ1n) is 9.33. The van der Waals surface area contributed by atoms with Gasteiger partial charge >= 0.3 is 0 Å². The number of aromatic nitrogens is 2. The van der Waals surface area contributed by atoms with E-state index in [4.69, 9.17) is 4.99 Å². The van der Waals surface area contributed by atoms with Gasteiger partial charge in [0, 0.05) is 18.3 Å². The average Bonchev–Trinajstić information content (AvgIpc) is 3.22. The van der Waals surface area contributed by atoms with Crippen molar-refractivity contribution < 1.29 is 0 Å². The van der Waals surface area contributed by atoms with E-state index in [2.05, 4.69) is 59.9 Å². The summed E-state index contributed by atoms with van der Waals surface area (Å²) in [7, 11) is 0. The van der Waals surface area contributed by atoms with E-state index in [1.54, 1.807) is 0 Å². The summed E-state index contributed by atoms with van der Waals surface area (Å²) in [5.41, 5.74) is 4.46. The minimum atomic E-state index is 0. The second-order valence-electron chi connectivity index (χ2n) is 6.79. The number of para-hydroxylation sites is 1. The van der Waals surface area contributed by atoms with Crippen molar-refractivity contribution in [2.24, 2.45) is 4.99 Å². The summed E-state index contributed by atoms with van der Waals surface area (Å²) in [4.78, 5) is 4.82. The smallest absolute Gasteiger partial charge is 0.191 e. The van der Waals surface area contributed by atoms with Gasteiger partial charge in [-0.1, -0.05) is 31.0 Å². The largest absolute Gasteiger partial charge is 0.357 e. The normalized spacial score (nSPS) is 15.0. The summed E-state index contributed by atoms with van der Waals surface area (Å²) >= 11 is 0. The number of guanidine groups is 1. The fourth-order valence-corrected chi connectivity index (χ4v) is 3.47. The number of benzene rings is 1. The Morgan fingerprint density at radius 1 is 1.23 bits per heavy atom. The van der Waals surface area contributed by atoms with Crippen LogP contribution in [-0.4, -0.2) is 28.3 Å². The minimum absolute atomic E-state index is 0. The Morgan fingerprint density at radius 3 is 2.62 bits per heavy atom. The van der Waals surface area contributed by atoms with Crippen molar-refractivity contribution in [3.63, 3.8) is 0 Å². The van der Waals surface area contributed by atoms with Gasteiger partial charge in [-0.2, -0.15) is 5.10 Å². The molecular formula is C20H30IN5. The molecule has 1 fully saturated rings. The van der Waals surface area contributed by atoms with Crippen LogP contribution in [0.1, 0.15) is 49.6 Å². The SMILES string of the molecule is CCNC(=NCc1ccccc1-n1nc(C)cc1C)NC1CCCC1.I. The Balaban J connectivity index is 0.00000243. The molecule has 1 aliphatic carbocycles. The topological polar surface area (TPSA) is 54.2 Å². The molecule has 2 N–H and O–H groups in total. The van der Waals surface area contributed by atoms with Crippen LogP contribution in [0.2, 0.25) is 0 Å². The third kappa shape index (κ3) is 5.22. The Hall–Kier alpha value is -1.57. The molecule has 0 bridgehead atoms. The predicted molar refractivity (Wildman–Crippen MR) is 119 cm³/mol. The standard InChI is InChI=1S/C20H29N5.HI/c1-4-21-20(23-18-10-6-7-11-18)22-14-17-9-5-8-12-19(17)25-16(3)13-15(2)24-25;/h5,8-9,12-13,18H,4,6-7,10-11,14H2,1-3H3,(H2,21,22,23);1H. The van der Waals surface area contributed by atoms with Crippen LogP contribution >= 0.6 is 24.0 Å². The van der Waals surface area contributed by atoms with Gasteiger partial charge < -0.3 is 10.6 Å². The van der Waals surface area contributed by atoms with E-state index in [0.717, 1.165) is 29.6 Å². The van der Waals surface area contributed by atoms with Gasteiger partial charge in [-0.3, -0.25) is 0 Å². The molecule has 142 valence electrons. The highest BCUT2D eigenvalue weighted by molar-refractivity contribution is 14.0. The lowest BCUT2D eigenvalue weighted by Gasteiger charge is -2.17. The van der Waals surface area contributed by atoms with Crippen LogP contribution in [0.15, 0.2) is 35.3 Å². The van der Waals surface area contributed by atoms with Crippen molar-refractivity contribution in [2.45, 2.75) is 59.0 Å². The summed E-state index contributed by atoms with van der Waals surface area (Å²) in [6.45, 7) is 7.73. The summed E-state index contributed by atoms with van der Waals surface area (Å²) in [6, 6.07) is 11.0. The number of halogens is 1. The number of nitrogens with zero attached hydrogens (tertiary/aromatic N) is 3. The first-order chi connectivity index (χ1) is 12.2. The van der Waals surface area contributed by atoms with Crippen molar-refractivity contribution in [3.05, 3.63) is 47.3 Å². The van der Waals surface area contributed by atoms with E-state index in [0.29, 0.717) is 12.6 Å². The van der Waals surface area contributed by atoms with Crippen LogP contribution in [0.5, 0.6) is 0 Å². The number of hydrogen-bond acceptors (Lipinski definition) is 2. The Bertz CT molecular complexity index is 732. The summed E-state index contributed by atoms with van der Waals surface area (Å²) < 4.78 is 2.01. The zero-order chi connectivity index (χ0) is 17.6. The van der Waals surface area contributed by atoms with Gasteiger partial charge in [0.1, 0.15) is 0 Å². The fourth-order valence-electron chi connectivity index (χ4n) is 3.47. The average molecular weight is 467 g/mol. The Morgan fingerprint density at radius 2 is 1.96 bits per heavy atom. The summed E-state index contributed by atoms with van der Waals surface area (Å²) in [6.07, 6.45) is 5.12. The molecule has 2 aromatic rings. The predicted octanol–water partition coefficient (Wildman–Crippen LogP) is 4.10. The second kappa shape index (κ2) is 9.94. The molecule has 1 saturated carbocycles. The number of hydrogen-bond donors (Lipinski definition) is 2. The highest BCUT2D eigenvalue weighted by Gasteiger charge is 2.16. The molecule has 0 unspecified atom stereocenters. The van der Waals surface area contributed by atoms with E-state index in [-0.39, 0.29) is 24.0 Å². The minimum Gasteiger partial charge on any atom is -0.357 e. The van der Waals surface area contributed by atoms with Gasteiger partial charge in [0.25, 0.3) is 0 Å². The van der Waals surface area contributed by atoms with E-state index in [1.165, 1.54) is 31.2 Å². The maximum absolute atomic E-state index is 4.82. The molecule has 1 aromatic heterocycles. The molecule has 1 heterocycles. The lowest BCUT2D eigenvalue weighted by Crippen LogP contribution is -2.42. The van der Waals surface area contributed by atoms with Crippen LogP contribution in [0.3, 0.4) is 0 Å². The monoisotopic (exact) mass is 467 g/mol. The first kappa shape index (κ1) is 20.7. The van der Waals surface area contributed by atoms with Crippen molar-refractivity contribution in [1.82, 2.24) is 20.4 Å². The van der Waals surface area contributed by atoms with Crippen LogP contribution in [0.25, 0.3) is 5.69 Å². The quantitative estimate of drug-likeness (QED) is 0.396. The van der Waals surface area contributed by atoms with Gasteiger partial charge in [0.2, 0.25) is 0 Å². The van der Waals surface area contributed by atoms with Crippen LogP contribution in [-0.2, 0) is 6.54 Å². The van der Waals surface area contributed by atoms with Crippen molar-refractivity contribution in [2.75, 3.05) is 6.54 Å². The first-order valence-corrected chi connectivity index (χ1v) is 9.33. The summed E-state index contributed by atoms with van der Waals surface area (Å²) in [5.74, 6) is 0.914. The molecule has 0 atom stereocenters. The molecule has 1 aromatic carbocycles. The molecule has 26 heavy (non-hydrogen) atoms. The Kier molecular flexibility index (Phi) is 7.93. The van der Waals surface area contributed by atoms with Gasteiger partial charge in [-0.25, -0.2) is 9.67 Å². The molecule has 0 saturated heterocycles. The lowest BCUT2D eigenvalue weighted by molar-refractivity contribution is 0.613. The molecule has 5 nitrogen and oxygen atoms in total.